The maximum absolute atomic E-state index is 6.39. The van der Waals surface area contributed by atoms with Gasteiger partial charge in [0.25, 0.3) is 0 Å². The normalized spacial score (nSPS) is 13.5. The molecule has 3 heterocycles. The zero-order valence-electron chi connectivity index (χ0n) is 30.0. The van der Waals surface area contributed by atoms with E-state index in [-0.39, 0.29) is 5.41 Å². The summed E-state index contributed by atoms with van der Waals surface area (Å²) >= 11 is 0. The first kappa shape index (κ1) is 29.7. The fourth-order valence-corrected chi connectivity index (χ4v) is 9.52. The SMILES string of the molecule is CC1(C)c2ccccc2-c2cc3c4cc(-c5ccc6c(c5)c5cc7c(cc5n6-c5ccccc5)oc5ccccc57)ccc4n(-c4ccccc4)c3cc21. The van der Waals surface area contributed by atoms with Gasteiger partial charge in [0.2, 0.25) is 0 Å². The monoisotopic (exact) mass is 690 g/mol. The molecule has 0 saturated heterocycles. The molecule has 0 unspecified atom stereocenters. The van der Waals surface area contributed by atoms with Gasteiger partial charge < -0.3 is 13.6 Å². The van der Waals surface area contributed by atoms with Crippen molar-refractivity contribution in [3.63, 3.8) is 0 Å². The topological polar surface area (TPSA) is 23.0 Å². The van der Waals surface area contributed by atoms with E-state index in [0.717, 1.165) is 33.1 Å². The first-order valence-corrected chi connectivity index (χ1v) is 18.8. The Labute approximate surface area is 311 Å². The molecule has 3 nitrogen and oxygen atoms in total. The predicted molar refractivity (Wildman–Crippen MR) is 225 cm³/mol. The van der Waals surface area contributed by atoms with Gasteiger partial charge in [-0.05, 0) is 106 Å². The molecule has 3 aromatic heterocycles. The van der Waals surface area contributed by atoms with Gasteiger partial charge in [0, 0.05) is 55.2 Å². The minimum atomic E-state index is -0.0775. The van der Waals surface area contributed by atoms with E-state index in [4.69, 9.17) is 4.42 Å². The standard InChI is InChI=1S/C51H34N2O/c1-51(2)43-19-11-9-17-35(43)37-27-40-38-25-31(21-23-45(38)52(47(40)29-44(37)51)33-13-5-3-6-14-33)32-22-24-46-39(26-32)41-28-42-36-18-10-12-20-49(36)54-50(42)30-48(41)53(46)34-15-7-4-8-16-34/h3-30H,1-2H3. The van der Waals surface area contributed by atoms with Crippen molar-refractivity contribution in [1.82, 2.24) is 9.13 Å². The Balaban J connectivity index is 1.12. The van der Waals surface area contributed by atoms with Crippen molar-refractivity contribution in [1.29, 1.82) is 0 Å². The van der Waals surface area contributed by atoms with Crippen LogP contribution in [0, 0.1) is 0 Å². The minimum Gasteiger partial charge on any atom is -0.456 e. The van der Waals surface area contributed by atoms with Gasteiger partial charge in [-0.3, -0.25) is 0 Å². The molecule has 0 saturated carbocycles. The number of aromatic nitrogens is 2. The Morgan fingerprint density at radius 3 is 1.61 bits per heavy atom. The number of benzene rings is 8. The van der Waals surface area contributed by atoms with Crippen molar-refractivity contribution in [2.45, 2.75) is 19.3 Å². The van der Waals surface area contributed by atoms with Crippen LogP contribution in [0.3, 0.4) is 0 Å². The van der Waals surface area contributed by atoms with Gasteiger partial charge in [0.05, 0.1) is 22.1 Å². The molecule has 0 bridgehead atoms. The van der Waals surface area contributed by atoms with Crippen molar-refractivity contribution in [3.8, 4) is 33.6 Å². The number of hydrogen-bond donors (Lipinski definition) is 0. The third kappa shape index (κ3) is 3.96. The van der Waals surface area contributed by atoms with Crippen LogP contribution in [-0.4, -0.2) is 9.13 Å². The highest BCUT2D eigenvalue weighted by atomic mass is 16.3. The molecular weight excluding hydrogens is 657 g/mol. The van der Waals surface area contributed by atoms with Gasteiger partial charge in [0.15, 0.2) is 0 Å². The average Bonchev–Trinajstić information content (AvgIpc) is 3.91. The molecule has 11 aromatic rings. The molecule has 0 spiro atoms. The number of hydrogen-bond acceptors (Lipinski definition) is 1. The summed E-state index contributed by atoms with van der Waals surface area (Å²) in [7, 11) is 0. The van der Waals surface area contributed by atoms with Crippen molar-refractivity contribution in [3.05, 3.63) is 181 Å². The number of nitrogens with zero attached hydrogens (tertiary/aromatic N) is 2. The lowest BCUT2D eigenvalue weighted by Gasteiger charge is -2.21. The summed E-state index contributed by atoms with van der Waals surface area (Å²) in [6, 6.07) is 62.2. The third-order valence-electron chi connectivity index (χ3n) is 12.1. The van der Waals surface area contributed by atoms with E-state index < -0.39 is 0 Å². The number of fused-ring (bicyclic) bond motifs is 12. The summed E-state index contributed by atoms with van der Waals surface area (Å²) in [6.07, 6.45) is 0. The van der Waals surface area contributed by atoms with Gasteiger partial charge in [-0.15, -0.1) is 0 Å². The second kappa shape index (κ2) is 10.6. The van der Waals surface area contributed by atoms with Crippen LogP contribution in [0.4, 0.5) is 0 Å². The van der Waals surface area contributed by atoms with Crippen LogP contribution < -0.4 is 0 Å². The zero-order valence-corrected chi connectivity index (χ0v) is 30.0. The maximum Gasteiger partial charge on any atom is 0.137 e. The van der Waals surface area contributed by atoms with E-state index in [1.165, 1.54) is 77.2 Å². The Morgan fingerprint density at radius 2 is 0.926 bits per heavy atom. The van der Waals surface area contributed by atoms with Gasteiger partial charge >= 0.3 is 0 Å². The molecule has 254 valence electrons. The Hall–Kier alpha value is -6.84. The van der Waals surface area contributed by atoms with Crippen molar-refractivity contribution in [2.24, 2.45) is 0 Å². The summed E-state index contributed by atoms with van der Waals surface area (Å²) in [5.41, 5.74) is 16.7. The first-order chi connectivity index (χ1) is 26.5. The van der Waals surface area contributed by atoms with E-state index >= 15 is 0 Å². The molecule has 12 rings (SSSR count). The molecule has 54 heavy (non-hydrogen) atoms. The predicted octanol–water partition coefficient (Wildman–Crippen LogP) is 13.8. The molecule has 1 aliphatic rings. The van der Waals surface area contributed by atoms with Crippen LogP contribution in [0.25, 0.3) is 99.2 Å². The molecule has 0 fully saturated rings. The first-order valence-electron chi connectivity index (χ1n) is 18.8. The van der Waals surface area contributed by atoms with Gasteiger partial charge in [-0.25, -0.2) is 0 Å². The lowest BCUT2D eigenvalue weighted by Crippen LogP contribution is -2.14. The fraction of sp³-hybridized carbons (Fsp3) is 0.0588. The molecule has 0 N–H and O–H groups in total. The van der Waals surface area contributed by atoms with E-state index in [1.54, 1.807) is 0 Å². The van der Waals surface area contributed by atoms with Gasteiger partial charge in [-0.2, -0.15) is 0 Å². The van der Waals surface area contributed by atoms with Crippen molar-refractivity contribution >= 4 is 65.6 Å². The lowest BCUT2D eigenvalue weighted by atomic mass is 9.82. The zero-order chi connectivity index (χ0) is 35.7. The highest BCUT2D eigenvalue weighted by Crippen LogP contribution is 2.51. The molecule has 0 aliphatic heterocycles. The Bertz CT molecular complexity index is 3340. The Morgan fingerprint density at radius 1 is 0.370 bits per heavy atom. The van der Waals surface area contributed by atoms with Crippen LogP contribution in [-0.2, 0) is 5.41 Å². The second-order valence-electron chi connectivity index (χ2n) is 15.4. The smallest absolute Gasteiger partial charge is 0.137 e. The summed E-state index contributed by atoms with van der Waals surface area (Å²) in [6.45, 7) is 4.73. The second-order valence-corrected chi connectivity index (χ2v) is 15.4. The Kier molecular flexibility index (Phi) is 5.84. The lowest BCUT2D eigenvalue weighted by molar-refractivity contribution is 0.661. The summed E-state index contributed by atoms with van der Waals surface area (Å²) in [5.74, 6) is 0. The van der Waals surface area contributed by atoms with Crippen LogP contribution in [0.1, 0.15) is 25.0 Å². The summed E-state index contributed by atoms with van der Waals surface area (Å²) < 4.78 is 11.2. The van der Waals surface area contributed by atoms with E-state index in [1.807, 2.05) is 6.07 Å². The molecular formula is C51H34N2O. The summed E-state index contributed by atoms with van der Waals surface area (Å²) in [4.78, 5) is 0. The molecule has 0 amide bonds. The summed E-state index contributed by atoms with van der Waals surface area (Å²) in [5, 5.41) is 7.26. The van der Waals surface area contributed by atoms with Crippen LogP contribution in [0.5, 0.6) is 0 Å². The molecule has 1 aliphatic carbocycles. The third-order valence-corrected chi connectivity index (χ3v) is 12.1. The van der Waals surface area contributed by atoms with Crippen LogP contribution in [0.2, 0.25) is 0 Å². The number of furan rings is 1. The molecule has 8 aromatic carbocycles. The van der Waals surface area contributed by atoms with E-state index in [9.17, 15) is 0 Å². The van der Waals surface area contributed by atoms with Crippen LogP contribution in [0.15, 0.2) is 174 Å². The minimum absolute atomic E-state index is 0.0775. The van der Waals surface area contributed by atoms with E-state index in [2.05, 4.69) is 187 Å². The molecule has 0 atom stereocenters. The molecule has 3 heteroatoms. The van der Waals surface area contributed by atoms with Crippen LogP contribution >= 0.6 is 0 Å². The van der Waals surface area contributed by atoms with Gasteiger partial charge in [0.1, 0.15) is 11.2 Å². The van der Waals surface area contributed by atoms with E-state index in [0.29, 0.717) is 0 Å². The highest BCUT2D eigenvalue weighted by molar-refractivity contribution is 6.18. The van der Waals surface area contributed by atoms with Crippen molar-refractivity contribution < 1.29 is 4.42 Å². The fourth-order valence-electron chi connectivity index (χ4n) is 9.52. The highest BCUT2D eigenvalue weighted by Gasteiger charge is 2.36. The number of rotatable bonds is 3. The molecule has 0 radical (unpaired) electrons. The van der Waals surface area contributed by atoms with Crippen molar-refractivity contribution in [2.75, 3.05) is 0 Å². The largest absolute Gasteiger partial charge is 0.456 e. The average molecular weight is 691 g/mol. The quantitative estimate of drug-likeness (QED) is 0.181. The number of para-hydroxylation sites is 3. The van der Waals surface area contributed by atoms with Gasteiger partial charge in [-0.1, -0.05) is 105 Å². The maximum atomic E-state index is 6.39.